The van der Waals surface area contributed by atoms with Gasteiger partial charge in [0.15, 0.2) is 0 Å². The van der Waals surface area contributed by atoms with Crippen LogP contribution in [0.25, 0.3) is 10.4 Å². The first kappa shape index (κ1) is 14.6. The Morgan fingerprint density at radius 2 is 2.09 bits per heavy atom. The number of amides is 1. The second-order valence-electron chi connectivity index (χ2n) is 5.00. The molecule has 2 N–H and O–H groups in total. The maximum absolute atomic E-state index is 11.0. The van der Waals surface area contributed by atoms with E-state index in [-0.39, 0.29) is 6.10 Å². The summed E-state index contributed by atoms with van der Waals surface area (Å²) < 4.78 is 11.1. The number of primary amides is 1. The molecule has 1 aromatic heterocycles. The lowest BCUT2D eigenvalue weighted by molar-refractivity contribution is -0.126. The predicted molar refractivity (Wildman–Crippen MR) is 82.4 cm³/mol. The van der Waals surface area contributed by atoms with E-state index in [1.165, 1.54) is 11.3 Å². The number of hydrogen-bond acceptors (Lipinski definition) is 5. The van der Waals surface area contributed by atoms with E-state index in [2.05, 4.69) is 6.07 Å². The number of thiophene rings is 1. The molecule has 1 unspecified atom stereocenters. The highest BCUT2D eigenvalue weighted by molar-refractivity contribution is 7.16. The molecule has 1 amide bonds. The van der Waals surface area contributed by atoms with Crippen molar-refractivity contribution in [2.45, 2.75) is 18.6 Å². The number of nitrogens with two attached hydrogens (primary N) is 1. The van der Waals surface area contributed by atoms with Crippen LogP contribution < -0.4 is 10.5 Å². The minimum atomic E-state index is -0.556. The summed E-state index contributed by atoms with van der Waals surface area (Å²) in [6.07, 6.45) is -0.233. The first-order chi connectivity index (χ1) is 10.7. The zero-order valence-electron chi connectivity index (χ0n) is 11.7. The molecular formula is C16H14N2O3S. The minimum absolute atomic E-state index is 0.157. The number of rotatable bonds is 4. The first-order valence-corrected chi connectivity index (χ1v) is 7.65. The van der Waals surface area contributed by atoms with E-state index in [0.29, 0.717) is 17.9 Å². The Labute approximate surface area is 131 Å². The highest BCUT2D eigenvalue weighted by Gasteiger charge is 2.30. The van der Waals surface area contributed by atoms with Crippen molar-refractivity contribution in [3.63, 3.8) is 0 Å². The Bertz CT molecular complexity index is 718. The maximum Gasteiger partial charge on any atom is 0.246 e. The third kappa shape index (κ3) is 3.11. The summed E-state index contributed by atoms with van der Waals surface area (Å²) in [6.45, 7) is 0.367. The smallest absolute Gasteiger partial charge is 0.246 e. The van der Waals surface area contributed by atoms with Crippen LogP contribution in [0.5, 0.6) is 5.75 Å². The van der Waals surface area contributed by atoms with E-state index in [1.54, 1.807) is 0 Å². The third-order valence-electron chi connectivity index (χ3n) is 3.44. The van der Waals surface area contributed by atoms with Crippen LogP contribution in [0.3, 0.4) is 0 Å². The number of carbonyl (C=O) groups excluding carboxylic acids is 1. The molecule has 2 aromatic rings. The molecule has 0 radical (unpaired) electrons. The average molecular weight is 314 g/mol. The normalized spacial score (nSPS) is 20.5. The van der Waals surface area contributed by atoms with Gasteiger partial charge in [-0.2, -0.15) is 5.26 Å². The summed E-state index contributed by atoms with van der Waals surface area (Å²) in [4.78, 5) is 12.8. The van der Waals surface area contributed by atoms with Crippen LogP contribution >= 0.6 is 11.3 Å². The molecule has 1 fully saturated rings. The van der Waals surface area contributed by atoms with E-state index < -0.39 is 12.0 Å². The van der Waals surface area contributed by atoms with Gasteiger partial charge in [-0.05, 0) is 42.0 Å². The molecule has 6 heteroatoms. The van der Waals surface area contributed by atoms with Crippen LogP contribution in [0.1, 0.15) is 11.3 Å². The van der Waals surface area contributed by atoms with Crippen LogP contribution in [-0.2, 0) is 9.53 Å². The molecule has 0 bridgehead atoms. The molecule has 1 saturated heterocycles. The summed E-state index contributed by atoms with van der Waals surface area (Å²) in [5.74, 6) is 0.270. The van der Waals surface area contributed by atoms with Gasteiger partial charge in [-0.3, -0.25) is 4.79 Å². The van der Waals surface area contributed by atoms with Crippen LogP contribution in [0.4, 0.5) is 0 Å². The molecule has 0 saturated carbocycles. The van der Waals surface area contributed by atoms with Gasteiger partial charge in [0.2, 0.25) is 5.91 Å². The van der Waals surface area contributed by atoms with Gasteiger partial charge in [0.05, 0.1) is 6.61 Å². The summed E-state index contributed by atoms with van der Waals surface area (Å²) in [5, 5.41) is 8.86. The summed E-state index contributed by atoms with van der Waals surface area (Å²) in [6, 6.07) is 13.5. The molecular weight excluding hydrogens is 300 g/mol. The molecule has 1 aliphatic heterocycles. The topological polar surface area (TPSA) is 85.3 Å². The molecule has 1 aromatic carbocycles. The number of nitrogens with zero attached hydrogens (tertiary/aromatic N) is 1. The quantitative estimate of drug-likeness (QED) is 0.938. The van der Waals surface area contributed by atoms with E-state index >= 15 is 0 Å². The van der Waals surface area contributed by atoms with Gasteiger partial charge in [0.25, 0.3) is 0 Å². The van der Waals surface area contributed by atoms with E-state index in [1.807, 2.05) is 36.4 Å². The lowest BCUT2D eigenvalue weighted by atomic mass is 10.1. The van der Waals surface area contributed by atoms with E-state index in [0.717, 1.165) is 16.2 Å². The van der Waals surface area contributed by atoms with Gasteiger partial charge in [0, 0.05) is 11.3 Å². The monoisotopic (exact) mass is 314 g/mol. The molecule has 1 aliphatic rings. The van der Waals surface area contributed by atoms with E-state index in [4.69, 9.17) is 20.5 Å². The minimum Gasteiger partial charge on any atom is -0.488 e. The van der Waals surface area contributed by atoms with Gasteiger partial charge < -0.3 is 15.2 Å². The first-order valence-electron chi connectivity index (χ1n) is 6.83. The van der Waals surface area contributed by atoms with Gasteiger partial charge in [-0.15, -0.1) is 11.3 Å². The van der Waals surface area contributed by atoms with Crippen LogP contribution in [0, 0.1) is 11.3 Å². The largest absolute Gasteiger partial charge is 0.488 e. The van der Waals surface area contributed by atoms with E-state index in [9.17, 15) is 4.79 Å². The zero-order valence-corrected chi connectivity index (χ0v) is 12.5. The summed E-state index contributed by atoms with van der Waals surface area (Å²) >= 11 is 1.45. The molecule has 0 aliphatic carbocycles. The summed E-state index contributed by atoms with van der Waals surface area (Å²) in [5.41, 5.74) is 6.25. The van der Waals surface area contributed by atoms with Crippen molar-refractivity contribution < 1.29 is 14.3 Å². The molecule has 22 heavy (non-hydrogen) atoms. The van der Waals surface area contributed by atoms with Gasteiger partial charge in [-0.25, -0.2) is 0 Å². The predicted octanol–water partition coefficient (Wildman–Crippen LogP) is 2.31. The van der Waals surface area contributed by atoms with Crippen molar-refractivity contribution in [2.75, 3.05) is 6.61 Å². The Balaban J connectivity index is 1.65. The van der Waals surface area contributed by atoms with Gasteiger partial charge in [0.1, 0.15) is 28.9 Å². The van der Waals surface area contributed by atoms with Gasteiger partial charge in [-0.1, -0.05) is 0 Å². The second-order valence-corrected chi connectivity index (χ2v) is 6.08. The molecule has 3 rings (SSSR count). The SMILES string of the molecule is N#Cc1ccc(-c2ccc(O[C@@H]3COC(C(N)=O)C3)cc2)s1. The molecule has 2 atom stereocenters. The fourth-order valence-electron chi connectivity index (χ4n) is 2.32. The highest BCUT2D eigenvalue weighted by atomic mass is 32.1. The molecule has 5 nitrogen and oxygen atoms in total. The van der Waals surface area contributed by atoms with Crippen molar-refractivity contribution in [3.05, 3.63) is 41.3 Å². The second kappa shape index (κ2) is 6.18. The number of ether oxygens (including phenoxy) is 2. The Kier molecular flexibility index (Phi) is 4.09. The van der Waals surface area contributed by atoms with Crippen molar-refractivity contribution in [1.82, 2.24) is 0 Å². The third-order valence-corrected chi connectivity index (χ3v) is 4.47. The number of nitriles is 1. The molecule has 2 heterocycles. The number of hydrogen-bond donors (Lipinski definition) is 1. The average Bonchev–Trinajstić information content (AvgIpc) is 3.17. The van der Waals surface area contributed by atoms with Crippen molar-refractivity contribution in [1.29, 1.82) is 5.26 Å². The van der Waals surface area contributed by atoms with Crippen LogP contribution in [0.15, 0.2) is 36.4 Å². The zero-order chi connectivity index (χ0) is 15.5. The van der Waals surface area contributed by atoms with Crippen LogP contribution in [-0.4, -0.2) is 24.7 Å². The van der Waals surface area contributed by atoms with Crippen molar-refractivity contribution in [3.8, 4) is 22.3 Å². The molecule has 0 spiro atoms. The standard InChI is InChI=1S/C16H14N2O3S/c17-8-13-5-6-15(22-13)10-1-3-11(4-2-10)21-12-7-14(16(18)19)20-9-12/h1-6,12,14H,7,9H2,(H2,18,19)/t12-,14?/m0/s1. The lowest BCUT2D eigenvalue weighted by Gasteiger charge is -2.12. The fourth-order valence-corrected chi connectivity index (χ4v) is 3.13. The lowest BCUT2D eigenvalue weighted by Crippen LogP contribution is -2.28. The van der Waals surface area contributed by atoms with Crippen molar-refractivity contribution in [2.24, 2.45) is 5.73 Å². The van der Waals surface area contributed by atoms with Crippen molar-refractivity contribution >= 4 is 17.2 Å². The Hall–Kier alpha value is -2.36. The fraction of sp³-hybridized carbons (Fsp3) is 0.250. The van der Waals surface area contributed by atoms with Gasteiger partial charge >= 0.3 is 0 Å². The Morgan fingerprint density at radius 1 is 1.32 bits per heavy atom. The maximum atomic E-state index is 11.0. The van der Waals surface area contributed by atoms with Crippen LogP contribution in [0.2, 0.25) is 0 Å². The number of carbonyl (C=O) groups is 1. The number of benzene rings is 1. The highest BCUT2D eigenvalue weighted by Crippen LogP contribution is 2.29. The summed E-state index contributed by atoms with van der Waals surface area (Å²) in [7, 11) is 0. The Morgan fingerprint density at radius 3 is 2.68 bits per heavy atom. The molecule has 112 valence electrons.